The lowest BCUT2D eigenvalue weighted by Crippen LogP contribution is -2.44. The molecule has 1 aromatic heterocycles. The fourth-order valence-electron chi connectivity index (χ4n) is 1.79. The normalized spacial score (nSPS) is 16.8. The minimum absolute atomic E-state index is 0.310. The Morgan fingerprint density at radius 1 is 1.31 bits per heavy atom. The van der Waals surface area contributed by atoms with Crippen LogP contribution in [0.5, 0.6) is 0 Å². The molecule has 0 radical (unpaired) electrons. The molecular weight excluding hydrogens is 202 g/mol. The zero-order valence-electron chi connectivity index (χ0n) is 9.90. The summed E-state index contributed by atoms with van der Waals surface area (Å²) in [5.74, 6) is 2.66. The number of hydrogen-bond acceptors (Lipinski definition) is 5. The van der Waals surface area contributed by atoms with E-state index in [0.717, 1.165) is 37.8 Å². The number of anilines is 2. The maximum Gasteiger partial charge on any atom is 0.135 e. The number of nitrogens with one attached hydrogen (secondary N) is 1. The van der Waals surface area contributed by atoms with Crippen LogP contribution in [0.15, 0.2) is 6.07 Å². The lowest BCUT2D eigenvalue weighted by molar-refractivity contribution is 0.582. The average Bonchev–Trinajstić information content (AvgIpc) is 2.29. The number of nitrogens with zero attached hydrogens (tertiary/aromatic N) is 3. The largest absolute Gasteiger partial charge is 0.384 e. The minimum atomic E-state index is 0.310. The van der Waals surface area contributed by atoms with Crippen LogP contribution in [0.25, 0.3) is 0 Å². The van der Waals surface area contributed by atoms with Crippen molar-refractivity contribution in [2.75, 3.05) is 36.8 Å². The molecule has 0 aliphatic carbocycles. The molecule has 1 aliphatic rings. The molecule has 5 heteroatoms. The summed E-state index contributed by atoms with van der Waals surface area (Å²) in [7, 11) is 0. The van der Waals surface area contributed by atoms with Crippen molar-refractivity contribution in [3.63, 3.8) is 0 Å². The first-order valence-electron chi connectivity index (χ1n) is 5.77. The lowest BCUT2D eigenvalue weighted by Gasteiger charge is -2.28. The van der Waals surface area contributed by atoms with E-state index in [-0.39, 0.29) is 0 Å². The van der Waals surface area contributed by atoms with Gasteiger partial charge < -0.3 is 16.0 Å². The van der Waals surface area contributed by atoms with Crippen molar-refractivity contribution < 1.29 is 0 Å². The molecule has 2 heterocycles. The fourth-order valence-corrected chi connectivity index (χ4v) is 1.79. The molecule has 0 bridgehead atoms. The number of piperazine rings is 1. The summed E-state index contributed by atoms with van der Waals surface area (Å²) in [5.41, 5.74) is 5.81. The topological polar surface area (TPSA) is 67.1 Å². The summed E-state index contributed by atoms with van der Waals surface area (Å²) in [5, 5.41) is 3.32. The second-order valence-electron chi connectivity index (χ2n) is 4.40. The summed E-state index contributed by atoms with van der Waals surface area (Å²) in [4.78, 5) is 11.1. The van der Waals surface area contributed by atoms with Gasteiger partial charge in [0.2, 0.25) is 0 Å². The Morgan fingerprint density at radius 3 is 2.62 bits per heavy atom. The Labute approximate surface area is 96.1 Å². The number of aromatic nitrogens is 2. The third-order valence-electron chi connectivity index (χ3n) is 2.71. The van der Waals surface area contributed by atoms with E-state index in [4.69, 9.17) is 5.73 Å². The van der Waals surface area contributed by atoms with Gasteiger partial charge in [0.25, 0.3) is 0 Å². The van der Waals surface area contributed by atoms with Crippen LogP contribution in [0, 0.1) is 0 Å². The van der Waals surface area contributed by atoms with Crippen LogP contribution in [0.1, 0.15) is 25.6 Å². The zero-order valence-corrected chi connectivity index (χ0v) is 9.90. The van der Waals surface area contributed by atoms with E-state index in [9.17, 15) is 0 Å². The first-order valence-corrected chi connectivity index (χ1v) is 5.77. The quantitative estimate of drug-likeness (QED) is 0.765. The molecule has 1 aliphatic heterocycles. The van der Waals surface area contributed by atoms with E-state index >= 15 is 0 Å². The third-order valence-corrected chi connectivity index (χ3v) is 2.71. The highest BCUT2D eigenvalue weighted by atomic mass is 15.2. The molecule has 1 saturated heterocycles. The van der Waals surface area contributed by atoms with Gasteiger partial charge in [-0.05, 0) is 0 Å². The molecule has 0 aromatic carbocycles. The predicted octanol–water partition coefficient (Wildman–Crippen LogP) is 0.592. The molecule has 0 atom stereocenters. The molecule has 2 rings (SSSR count). The van der Waals surface area contributed by atoms with Gasteiger partial charge in [0.05, 0.1) is 0 Å². The van der Waals surface area contributed by atoms with Crippen LogP contribution in [-0.4, -0.2) is 36.1 Å². The Morgan fingerprint density at radius 2 is 2.00 bits per heavy atom. The van der Waals surface area contributed by atoms with Gasteiger partial charge in [-0.3, -0.25) is 0 Å². The first kappa shape index (κ1) is 11.1. The van der Waals surface area contributed by atoms with Gasteiger partial charge in [0.15, 0.2) is 0 Å². The number of nitrogens with two attached hydrogens (primary N) is 1. The molecule has 0 unspecified atom stereocenters. The first-order chi connectivity index (χ1) is 7.66. The number of rotatable bonds is 2. The van der Waals surface area contributed by atoms with E-state index in [1.807, 2.05) is 6.07 Å². The lowest BCUT2D eigenvalue weighted by atomic mass is 10.2. The van der Waals surface area contributed by atoms with Gasteiger partial charge in [0, 0.05) is 38.2 Å². The third kappa shape index (κ3) is 2.41. The van der Waals surface area contributed by atoms with Crippen LogP contribution in [0.3, 0.4) is 0 Å². The number of nitrogen functional groups attached to an aromatic ring is 1. The van der Waals surface area contributed by atoms with E-state index in [1.165, 1.54) is 0 Å². The van der Waals surface area contributed by atoms with E-state index in [2.05, 4.69) is 34.0 Å². The maximum absolute atomic E-state index is 5.81. The maximum atomic E-state index is 5.81. The molecule has 16 heavy (non-hydrogen) atoms. The Balaban J connectivity index is 2.25. The van der Waals surface area contributed by atoms with Gasteiger partial charge >= 0.3 is 0 Å². The second-order valence-corrected chi connectivity index (χ2v) is 4.40. The minimum Gasteiger partial charge on any atom is -0.384 e. The van der Waals surface area contributed by atoms with Gasteiger partial charge in [-0.25, -0.2) is 9.97 Å². The average molecular weight is 221 g/mol. The SMILES string of the molecule is CC(C)c1nc(N)cc(N2CCNCC2)n1. The Hall–Kier alpha value is -1.36. The Kier molecular flexibility index (Phi) is 3.24. The Bertz CT molecular complexity index is 357. The highest BCUT2D eigenvalue weighted by Gasteiger charge is 2.14. The summed E-state index contributed by atoms with van der Waals surface area (Å²) in [6.45, 7) is 8.12. The van der Waals surface area contributed by atoms with E-state index < -0.39 is 0 Å². The van der Waals surface area contributed by atoms with Crippen molar-refractivity contribution in [1.29, 1.82) is 0 Å². The molecule has 5 nitrogen and oxygen atoms in total. The van der Waals surface area contributed by atoms with Crippen LogP contribution in [0.2, 0.25) is 0 Å². The van der Waals surface area contributed by atoms with E-state index in [1.54, 1.807) is 0 Å². The van der Waals surface area contributed by atoms with Crippen LogP contribution < -0.4 is 16.0 Å². The van der Waals surface area contributed by atoms with Crippen molar-refractivity contribution in [1.82, 2.24) is 15.3 Å². The molecule has 1 aromatic rings. The van der Waals surface area contributed by atoms with Crippen molar-refractivity contribution in [3.8, 4) is 0 Å². The summed E-state index contributed by atoms with van der Waals surface area (Å²) in [6, 6.07) is 1.86. The molecule has 3 N–H and O–H groups in total. The highest BCUT2D eigenvalue weighted by molar-refractivity contribution is 5.47. The second kappa shape index (κ2) is 4.65. The molecule has 88 valence electrons. The van der Waals surface area contributed by atoms with Crippen molar-refractivity contribution >= 4 is 11.6 Å². The summed E-state index contributed by atoms with van der Waals surface area (Å²) >= 11 is 0. The molecular formula is C11H19N5. The number of hydrogen-bond donors (Lipinski definition) is 2. The predicted molar refractivity (Wildman–Crippen MR) is 65.6 cm³/mol. The van der Waals surface area contributed by atoms with Crippen LogP contribution in [0.4, 0.5) is 11.6 Å². The summed E-state index contributed by atoms with van der Waals surface area (Å²) < 4.78 is 0. The van der Waals surface area contributed by atoms with Crippen molar-refractivity contribution in [2.24, 2.45) is 0 Å². The van der Waals surface area contributed by atoms with Crippen LogP contribution >= 0.6 is 0 Å². The van der Waals surface area contributed by atoms with Gasteiger partial charge in [-0.15, -0.1) is 0 Å². The molecule has 0 spiro atoms. The highest BCUT2D eigenvalue weighted by Crippen LogP contribution is 2.18. The monoisotopic (exact) mass is 221 g/mol. The van der Waals surface area contributed by atoms with Gasteiger partial charge in [0.1, 0.15) is 17.5 Å². The standard InChI is InChI=1S/C11H19N5/c1-8(2)11-14-9(12)7-10(15-11)16-5-3-13-4-6-16/h7-8,13H,3-6H2,1-2H3,(H2,12,14,15). The molecule has 1 fully saturated rings. The van der Waals surface area contributed by atoms with Crippen LogP contribution in [-0.2, 0) is 0 Å². The van der Waals surface area contributed by atoms with E-state index in [0.29, 0.717) is 11.7 Å². The smallest absolute Gasteiger partial charge is 0.135 e. The zero-order chi connectivity index (χ0) is 11.5. The van der Waals surface area contributed by atoms with Gasteiger partial charge in [-0.2, -0.15) is 0 Å². The van der Waals surface area contributed by atoms with Crippen molar-refractivity contribution in [2.45, 2.75) is 19.8 Å². The molecule has 0 saturated carbocycles. The van der Waals surface area contributed by atoms with Crippen molar-refractivity contribution in [3.05, 3.63) is 11.9 Å². The molecule has 0 amide bonds. The summed E-state index contributed by atoms with van der Waals surface area (Å²) in [6.07, 6.45) is 0. The van der Waals surface area contributed by atoms with Gasteiger partial charge in [-0.1, -0.05) is 13.8 Å². The fraction of sp³-hybridized carbons (Fsp3) is 0.636.